The molecule has 0 amide bonds. The molecule has 0 spiro atoms. The zero-order chi connectivity index (χ0) is 19.8. The molecule has 0 saturated heterocycles. The fourth-order valence-electron chi connectivity index (χ4n) is 2.69. The number of aromatic nitrogens is 1. The maximum absolute atomic E-state index is 12.7. The minimum absolute atomic E-state index is 0.0295. The molecule has 0 saturated carbocycles. The van der Waals surface area contributed by atoms with Crippen LogP contribution in [0.25, 0.3) is 10.2 Å². The van der Waals surface area contributed by atoms with Crippen LogP contribution in [0.3, 0.4) is 0 Å². The summed E-state index contributed by atoms with van der Waals surface area (Å²) in [4.78, 5) is 12.1. The first-order chi connectivity index (χ1) is 12.7. The molecule has 2 aromatic carbocycles. The van der Waals surface area contributed by atoms with Crippen molar-refractivity contribution in [1.29, 1.82) is 0 Å². The maximum atomic E-state index is 12.7. The van der Waals surface area contributed by atoms with Gasteiger partial charge in [-0.3, -0.25) is 4.79 Å². The van der Waals surface area contributed by atoms with E-state index in [0.29, 0.717) is 5.02 Å². The highest BCUT2D eigenvalue weighted by Gasteiger charge is 2.17. The van der Waals surface area contributed by atoms with Gasteiger partial charge in [-0.25, -0.2) is 0 Å². The molecule has 1 aromatic heterocycles. The number of hydrogen-bond acceptors (Lipinski definition) is 5. The first-order valence-electron chi connectivity index (χ1n) is 7.95. The molecule has 0 N–H and O–H groups in total. The normalized spacial score (nSPS) is 12.5. The van der Waals surface area contributed by atoms with Crippen molar-refractivity contribution in [2.24, 2.45) is 4.40 Å². The molecule has 6 nitrogen and oxygen atoms in total. The fourth-order valence-corrected chi connectivity index (χ4v) is 5.10. The molecule has 0 aliphatic carbocycles. The van der Waals surface area contributed by atoms with Crippen LogP contribution < -0.4 is 4.80 Å². The molecule has 27 heavy (non-hydrogen) atoms. The third kappa shape index (κ3) is 4.07. The van der Waals surface area contributed by atoms with Crippen molar-refractivity contribution in [3.63, 3.8) is 0 Å². The number of carbonyl (C=O) groups is 1. The Balaban J connectivity index is 2.27. The number of halogens is 1. The van der Waals surface area contributed by atoms with Gasteiger partial charge < -0.3 is 9.30 Å². The average molecular weight is 425 g/mol. The Morgan fingerprint density at radius 1 is 1.22 bits per heavy atom. The maximum Gasteiger partial charge on any atom is 0.325 e. The van der Waals surface area contributed by atoms with E-state index in [1.807, 2.05) is 26.0 Å². The van der Waals surface area contributed by atoms with E-state index in [-0.39, 0.29) is 16.2 Å². The van der Waals surface area contributed by atoms with Crippen LogP contribution in [0.4, 0.5) is 0 Å². The Labute approximate surface area is 165 Å². The number of rotatable bonds is 4. The molecule has 0 radical (unpaired) electrons. The van der Waals surface area contributed by atoms with Crippen LogP contribution in [0.5, 0.6) is 0 Å². The number of ether oxygens (including phenoxy) is 1. The van der Waals surface area contributed by atoms with E-state index in [9.17, 15) is 13.2 Å². The van der Waals surface area contributed by atoms with Gasteiger partial charge >= 0.3 is 5.97 Å². The third-order valence-electron chi connectivity index (χ3n) is 3.94. The monoisotopic (exact) mass is 424 g/mol. The van der Waals surface area contributed by atoms with Crippen LogP contribution >= 0.6 is 22.9 Å². The SMILES string of the molecule is COC(=O)Cn1/c(=N/S(=O)(=O)c2ccc(Cl)cc2)sc2c(C)cc(C)cc21. The van der Waals surface area contributed by atoms with E-state index >= 15 is 0 Å². The number of benzene rings is 2. The Morgan fingerprint density at radius 2 is 1.89 bits per heavy atom. The van der Waals surface area contributed by atoms with Crippen molar-refractivity contribution in [3.8, 4) is 0 Å². The summed E-state index contributed by atoms with van der Waals surface area (Å²) in [5.74, 6) is -0.487. The highest BCUT2D eigenvalue weighted by atomic mass is 35.5. The molecule has 0 bridgehead atoms. The fraction of sp³-hybridized carbons (Fsp3) is 0.222. The van der Waals surface area contributed by atoms with Crippen LogP contribution in [0.2, 0.25) is 5.02 Å². The predicted octanol–water partition coefficient (Wildman–Crippen LogP) is 3.44. The number of methoxy groups -OCH3 is 1. The molecule has 3 aromatic rings. The molecular weight excluding hydrogens is 408 g/mol. The smallest absolute Gasteiger partial charge is 0.325 e. The number of esters is 1. The van der Waals surface area contributed by atoms with Gasteiger partial charge in [0.05, 0.1) is 22.2 Å². The molecule has 3 rings (SSSR count). The van der Waals surface area contributed by atoms with E-state index in [4.69, 9.17) is 16.3 Å². The van der Waals surface area contributed by atoms with Gasteiger partial charge in [0, 0.05) is 5.02 Å². The van der Waals surface area contributed by atoms with Crippen molar-refractivity contribution in [2.75, 3.05) is 7.11 Å². The average Bonchev–Trinajstić information content (AvgIpc) is 2.92. The topological polar surface area (TPSA) is 77.7 Å². The Bertz CT molecular complexity index is 1190. The molecule has 9 heteroatoms. The summed E-state index contributed by atoms with van der Waals surface area (Å²) < 4.78 is 36.6. The predicted molar refractivity (Wildman–Crippen MR) is 106 cm³/mol. The summed E-state index contributed by atoms with van der Waals surface area (Å²) in [5.41, 5.74) is 2.73. The molecule has 1 heterocycles. The van der Waals surface area contributed by atoms with E-state index < -0.39 is 16.0 Å². The highest BCUT2D eigenvalue weighted by Crippen LogP contribution is 2.24. The second-order valence-corrected chi connectivity index (χ2v) is 9.02. The van der Waals surface area contributed by atoms with E-state index in [0.717, 1.165) is 21.3 Å². The Morgan fingerprint density at radius 3 is 2.52 bits per heavy atom. The number of hydrogen-bond donors (Lipinski definition) is 0. The van der Waals surface area contributed by atoms with Crippen LogP contribution in [0.1, 0.15) is 11.1 Å². The van der Waals surface area contributed by atoms with Crippen molar-refractivity contribution in [1.82, 2.24) is 4.57 Å². The number of carbonyl (C=O) groups excluding carboxylic acids is 1. The van der Waals surface area contributed by atoms with Gasteiger partial charge in [0.2, 0.25) is 4.80 Å². The molecule has 0 unspecified atom stereocenters. The van der Waals surface area contributed by atoms with Gasteiger partial charge in [-0.15, -0.1) is 4.40 Å². The largest absolute Gasteiger partial charge is 0.468 e. The number of nitrogens with zero attached hydrogens (tertiary/aromatic N) is 2. The minimum atomic E-state index is -3.96. The zero-order valence-electron chi connectivity index (χ0n) is 14.9. The molecule has 0 fully saturated rings. The van der Waals surface area contributed by atoms with E-state index in [1.54, 1.807) is 4.57 Å². The Kier molecular flexibility index (Phi) is 5.41. The van der Waals surface area contributed by atoms with Crippen LogP contribution in [-0.4, -0.2) is 26.1 Å². The van der Waals surface area contributed by atoms with Crippen molar-refractivity contribution in [2.45, 2.75) is 25.3 Å². The van der Waals surface area contributed by atoms with Gasteiger partial charge in [0.25, 0.3) is 10.0 Å². The van der Waals surface area contributed by atoms with E-state index in [1.165, 1.54) is 42.7 Å². The van der Waals surface area contributed by atoms with E-state index in [2.05, 4.69) is 4.40 Å². The molecular formula is C18H17ClN2O4S2. The lowest BCUT2D eigenvalue weighted by molar-refractivity contribution is -0.141. The van der Waals surface area contributed by atoms with Gasteiger partial charge in [-0.05, 0) is 55.3 Å². The summed E-state index contributed by atoms with van der Waals surface area (Å²) >= 11 is 7.05. The summed E-state index contributed by atoms with van der Waals surface area (Å²) in [7, 11) is -2.67. The number of sulfonamides is 1. The second kappa shape index (κ2) is 7.46. The molecule has 0 aliphatic rings. The summed E-state index contributed by atoms with van der Waals surface area (Å²) in [6.45, 7) is 3.74. The minimum Gasteiger partial charge on any atom is -0.468 e. The molecule has 0 atom stereocenters. The first kappa shape index (κ1) is 19.6. The zero-order valence-corrected chi connectivity index (χ0v) is 17.3. The number of fused-ring (bicyclic) bond motifs is 1. The van der Waals surface area contributed by atoms with Gasteiger partial charge in [0.15, 0.2) is 0 Å². The van der Waals surface area contributed by atoms with Crippen LogP contribution in [-0.2, 0) is 26.1 Å². The lowest BCUT2D eigenvalue weighted by atomic mass is 10.1. The third-order valence-corrected chi connectivity index (χ3v) is 6.82. The van der Waals surface area contributed by atoms with Gasteiger partial charge in [-0.2, -0.15) is 8.42 Å². The number of aryl methyl sites for hydroxylation is 2. The highest BCUT2D eigenvalue weighted by molar-refractivity contribution is 7.90. The van der Waals surface area contributed by atoms with Crippen LogP contribution in [0.15, 0.2) is 45.7 Å². The first-order valence-corrected chi connectivity index (χ1v) is 10.6. The summed E-state index contributed by atoms with van der Waals surface area (Å²) in [5, 5.41) is 0.433. The van der Waals surface area contributed by atoms with Crippen molar-refractivity contribution < 1.29 is 17.9 Å². The van der Waals surface area contributed by atoms with Crippen molar-refractivity contribution in [3.05, 3.63) is 57.3 Å². The molecule has 0 aliphatic heterocycles. The Hall–Kier alpha value is -2.16. The molecule has 142 valence electrons. The lowest BCUT2D eigenvalue weighted by Gasteiger charge is -2.05. The van der Waals surface area contributed by atoms with Gasteiger partial charge in [-0.1, -0.05) is 29.0 Å². The van der Waals surface area contributed by atoms with Crippen LogP contribution in [0, 0.1) is 13.8 Å². The number of thiazole rings is 1. The standard InChI is InChI=1S/C18H17ClN2O4S2/c1-11-8-12(2)17-15(9-11)21(10-16(22)25-3)18(26-17)20-27(23,24)14-6-4-13(19)5-7-14/h4-9H,10H2,1-3H3/b20-18-. The van der Waals surface area contributed by atoms with Gasteiger partial charge in [0.1, 0.15) is 6.54 Å². The second-order valence-electron chi connectivity index (χ2n) is 6.00. The summed E-state index contributed by atoms with van der Waals surface area (Å²) in [6.07, 6.45) is 0. The quantitative estimate of drug-likeness (QED) is 0.601. The lowest BCUT2D eigenvalue weighted by Crippen LogP contribution is -2.22. The van der Waals surface area contributed by atoms with Crippen molar-refractivity contribution >= 4 is 49.1 Å². The summed E-state index contributed by atoms with van der Waals surface area (Å²) in [6, 6.07) is 9.67.